The van der Waals surface area contributed by atoms with E-state index in [0.717, 1.165) is 22.4 Å². The lowest BCUT2D eigenvalue weighted by Gasteiger charge is -2.22. The average molecular weight is 483 g/mol. The van der Waals surface area contributed by atoms with E-state index < -0.39 is 6.09 Å². The standard InChI is InChI=1S/C29H26N2O5/c32-28(31-24(20-35-29(31)33)17-21-7-3-1-4-8-21)18-26(27-15-16-36-30-27)23-11-13-25(14-12-23)34-19-22-9-5-2-6-10-22/h1-16,24,26H,17-20H2. The third kappa shape index (κ3) is 5.46. The molecule has 2 amide bonds. The highest BCUT2D eigenvalue weighted by Crippen LogP contribution is 2.31. The van der Waals surface area contributed by atoms with Gasteiger partial charge in [0.2, 0.25) is 5.91 Å². The van der Waals surface area contributed by atoms with Gasteiger partial charge in [-0.15, -0.1) is 0 Å². The molecule has 36 heavy (non-hydrogen) atoms. The first-order chi connectivity index (χ1) is 17.7. The molecule has 7 heteroatoms. The van der Waals surface area contributed by atoms with Crippen molar-refractivity contribution in [3.63, 3.8) is 0 Å². The summed E-state index contributed by atoms with van der Waals surface area (Å²) in [4.78, 5) is 27.1. The predicted molar refractivity (Wildman–Crippen MR) is 132 cm³/mol. The van der Waals surface area contributed by atoms with Crippen LogP contribution < -0.4 is 4.74 Å². The van der Waals surface area contributed by atoms with Gasteiger partial charge in [-0.25, -0.2) is 9.69 Å². The Balaban J connectivity index is 1.30. The molecular formula is C29H26N2O5. The molecule has 5 rings (SSSR count). The second-order valence-corrected chi connectivity index (χ2v) is 8.71. The normalized spacial score (nSPS) is 15.9. The molecule has 4 aromatic rings. The number of imide groups is 1. The van der Waals surface area contributed by atoms with Gasteiger partial charge in [-0.3, -0.25) is 4.79 Å². The highest BCUT2D eigenvalue weighted by Gasteiger charge is 2.39. The van der Waals surface area contributed by atoms with Crippen LogP contribution in [-0.4, -0.2) is 34.7 Å². The van der Waals surface area contributed by atoms with Crippen LogP contribution in [0.1, 0.15) is 34.7 Å². The molecule has 0 saturated carbocycles. The molecule has 1 aromatic heterocycles. The number of rotatable bonds is 9. The zero-order chi connectivity index (χ0) is 24.7. The van der Waals surface area contributed by atoms with Crippen LogP contribution in [-0.2, 0) is 22.6 Å². The molecule has 182 valence electrons. The highest BCUT2D eigenvalue weighted by molar-refractivity contribution is 5.94. The van der Waals surface area contributed by atoms with E-state index in [9.17, 15) is 9.59 Å². The van der Waals surface area contributed by atoms with Crippen molar-refractivity contribution in [3.05, 3.63) is 120 Å². The van der Waals surface area contributed by atoms with Crippen molar-refractivity contribution in [1.82, 2.24) is 10.1 Å². The first-order valence-corrected chi connectivity index (χ1v) is 11.9. The summed E-state index contributed by atoms with van der Waals surface area (Å²) >= 11 is 0. The Kier molecular flexibility index (Phi) is 7.07. The fourth-order valence-corrected chi connectivity index (χ4v) is 4.41. The number of benzene rings is 3. The summed E-state index contributed by atoms with van der Waals surface area (Å²) in [6.07, 6.45) is 1.47. The zero-order valence-corrected chi connectivity index (χ0v) is 19.7. The highest BCUT2D eigenvalue weighted by atomic mass is 16.6. The van der Waals surface area contributed by atoms with Gasteiger partial charge in [0, 0.05) is 18.4 Å². The summed E-state index contributed by atoms with van der Waals surface area (Å²) in [5.74, 6) is 0.0277. The third-order valence-electron chi connectivity index (χ3n) is 6.27. The molecule has 0 spiro atoms. The summed E-state index contributed by atoms with van der Waals surface area (Å²) in [7, 11) is 0. The van der Waals surface area contributed by atoms with Gasteiger partial charge in [0.1, 0.15) is 25.2 Å². The van der Waals surface area contributed by atoms with Crippen LogP contribution in [0.4, 0.5) is 4.79 Å². The molecule has 1 saturated heterocycles. The Morgan fingerprint density at radius 2 is 1.64 bits per heavy atom. The largest absolute Gasteiger partial charge is 0.489 e. The molecule has 1 aliphatic rings. The van der Waals surface area contributed by atoms with Gasteiger partial charge in [-0.1, -0.05) is 78.0 Å². The average Bonchev–Trinajstić information content (AvgIpc) is 3.58. The van der Waals surface area contributed by atoms with Crippen molar-refractivity contribution in [1.29, 1.82) is 0 Å². The van der Waals surface area contributed by atoms with Gasteiger partial charge in [0.15, 0.2) is 0 Å². The molecule has 0 bridgehead atoms. The summed E-state index contributed by atoms with van der Waals surface area (Å²) < 4.78 is 16.2. The van der Waals surface area contributed by atoms with Crippen LogP contribution in [0, 0.1) is 0 Å². The Morgan fingerprint density at radius 3 is 2.31 bits per heavy atom. The lowest BCUT2D eigenvalue weighted by Crippen LogP contribution is -2.40. The Hall–Kier alpha value is -4.39. The number of aromatic nitrogens is 1. The van der Waals surface area contributed by atoms with Gasteiger partial charge in [0.05, 0.1) is 11.7 Å². The summed E-state index contributed by atoms with van der Waals surface area (Å²) in [6, 6.07) is 28.7. The van der Waals surface area contributed by atoms with Crippen molar-refractivity contribution in [3.8, 4) is 5.75 Å². The molecule has 3 aromatic carbocycles. The summed E-state index contributed by atoms with van der Waals surface area (Å²) in [5.41, 5.74) is 3.61. The van der Waals surface area contributed by atoms with E-state index >= 15 is 0 Å². The molecule has 0 N–H and O–H groups in total. The minimum absolute atomic E-state index is 0.0527. The molecule has 1 fully saturated rings. The Labute approximate surface area is 209 Å². The molecule has 2 atom stereocenters. The monoisotopic (exact) mass is 482 g/mol. The maximum Gasteiger partial charge on any atom is 0.416 e. The number of cyclic esters (lactones) is 1. The first kappa shape index (κ1) is 23.4. The van der Waals surface area contributed by atoms with E-state index in [1.807, 2.05) is 84.9 Å². The molecule has 2 heterocycles. The van der Waals surface area contributed by atoms with Crippen LogP contribution in [0.25, 0.3) is 0 Å². The number of hydrogen-bond acceptors (Lipinski definition) is 6. The Bertz CT molecular complexity index is 1270. The van der Waals surface area contributed by atoms with Gasteiger partial charge in [0.25, 0.3) is 0 Å². The summed E-state index contributed by atoms with van der Waals surface area (Å²) in [6.45, 7) is 0.646. The predicted octanol–water partition coefficient (Wildman–Crippen LogP) is 5.37. The first-order valence-electron chi connectivity index (χ1n) is 11.9. The van der Waals surface area contributed by atoms with E-state index in [4.69, 9.17) is 14.0 Å². The number of amides is 2. The molecule has 2 unspecified atom stereocenters. The van der Waals surface area contributed by atoms with Gasteiger partial charge in [-0.2, -0.15) is 0 Å². The van der Waals surface area contributed by atoms with E-state index in [1.165, 1.54) is 11.2 Å². The van der Waals surface area contributed by atoms with Crippen molar-refractivity contribution >= 4 is 12.0 Å². The van der Waals surface area contributed by atoms with Gasteiger partial charge < -0.3 is 14.0 Å². The zero-order valence-electron chi connectivity index (χ0n) is 19.7. The second kappa shape index (κ2) is 10.9. The van der Waals surface area contributed by atoms with Gasteiger partial charge in [-0.05, 0) is 35.2 Å². The van der Waals surface area contributed by atoms with E-state index in [2.05, 4.69) is 5.16 Å². The van der Waals surface area contributed by atoms with Crippen LogP contribution in [0.15, 0.2) is 102 Å². The number of ether oxygens (including phenoxy) is 2. The van der Waals surface area contributed by atoms with Crippen LogP contribution >= 0.6 is 0 Å². The quantitative estimate of drug-likeness (QED) is 0.319. The van der Waals surface area contributed by atoms with E-state index in [0.29, 0.717) is 18.7 Å². The Morgan fingerprint density at radius 1 is 0.944 bits per heavy atom. The minimum atomic E-state index is -0.607. The van der Waals surface area contributed by atoms with Crippen molar-refractivity contribution in [2.24, 2.45) is 0 Å². The molecule has 7 nitrogen and oxygen atoms in total. The van der Waals surface area contributed by atoms with Crippen molar-refractivity contribution in [2.75, 3.05) is 6.61 Å². The van der Waals surface area contributed by atoms with Crippen LogP contribution in [0.2, 0.25) is 0 Å². The maximum absolute atomic E-state index is 13.4. The van der Waals surface area contributed by atoms with Crippen molar-refractivity contribution in [2.45, 2.75) is 31.4 Å². The lowest BCUT2D eigenvalue weighted by molar-refractivity contribution is -0.129. The minimum Gasteiger partial charge on any atom is -0.489 e. The van der Waals surface area contributed by atoms with Gasteiger partial charge >= 0.3 is 6.09 Å². The van der Waals surface area contributed by atoms with Crippen LogP contribution in [0.3, 0.4) is 0 Å². The number of carbonyl (C=O) groups excluding carboxylic acids is 2. The molecule has 0 aliphatic carbocycles. The number of carbonyl (C=O) groups is 2. The maximum atomic E-state index is 13.4. The molecule has 1 aliphatic heterocycles. The van der Waals surface area contributed by atoms with E-state index in [-0.39, 0.29) is 30.9 Å². The SMILES string of the molecule is O=C(CC(c1ccc(OCc2ccccc2)cc1)c1ccon1)N1C(=O)OCC1Cc1ccccc1. The number of hydrogen-bond donors (Lipinski definition) is 0. The molecular weight excluding hydrogens is 456 g/mol. The smallest absolute Gasteiger partial charge is 0.416 e. The second-order valence-electron chi connectivity index (χ2n) is 8.71. The van der Waals surface area contributed by atoms with Crippen molar-refractivity contribution < 1.29 is 23.6 Å². The fourth-order valence-electron chi connectivity index (χ4n) is 4.41. The fraction of sp³-hybridized carbons (Fsp3) is 0.207. The lowest BCUT2D eigenvalue weighted by atomic mass is 9.91. The summed E-state index contributed by atoms with van der Waals surface area (Å²) in [5, 5.41) is 4.08. The molecule has 0 radical (unpaired) electrons. The van der Waals surface area contributed by atoms with E-state index in [1.54, 1.807) is 6.07 Å². The number of nitrogens with zero attached hydrogens (tertiary/aromatic N) is 2. The topological polar surface area (TPSA) is 81.9 Å². The van der Waals surface area contributed by atoms with Crippen LogP contribution in [0.5, 0.6) is 5.75 Å². The third-order valence-corrected chi connectivity index (χ3v) is 6.27.